The molecule has 0 amide bonds. The Hall–Kier alpha value is -1.05. The van der Waals surface area contributed by atoms with Crippen molar-refractivity contribution in [1.29, 1.82) is 0 Å². The van der Waals surface area contributed by atoms with Gasteiger partial charge in [0.1, 0.15) is 6.29 Å². The molecular formula is C7H9NO. The van der Waals surface area contributed by atoms with Gasteiger partial charge in [-0.3, -0.25) is 4.79 Å². The van der Waals surface area contributed by atoms with Crippen molar-refractivity contribution in [1.82, 2.24) is 4.90 Å². The van der Waals surface area contributed by atoms with Crippen LogP contribution in [0.5, 0.6) is 0 Å². The summed E-state index contributed by atoms with van der Waals surface area (Å²) in [6.07, 6.45) is 6.52. The first-order valence-electron chi connectivity index (χ1n) is 2.85. The van der Waals surface area contributed by atoms with Crippen molar-refractivity contribution >= 4 is 6.29 Å². The van der Waals surface area contributed by atoms with E-state index >= 15 is 0 Å². The minimum absolute atomic E-state index is 0.736. The Morgan fingerprint density at radius 2 is 2.56 bits per heavy atom. The van der Waals surface area contributed by atoms with Gasteiger partial charge in [-0.2, -0.15) is 0 Å². The summed E-state index contributed by atoms with van der Waals surface area (Å²) in [4.78, 5) is 12.1. The summed E-state index contributed by atoms with van der Waals surface area (Å²) >= 11 is 0. The largest absolute Gasteiger partial charge is 0.376 e. The van der Waals surface area contributed by atoms with Crippen LogP contribution < -0.4 is 0 Å². The highest BCUT2D eigenvalue weighted by atomic mass is 16.1. The maximum absolute atomic E-state index is 10.2. The van der Waals surface area contributed by atoms with E-state index in [-0.39, 0.29) is 0 Å². The quantitative estimate of drug-likeness (QED) is 0.475. The van der Waals surface area contributed by atoms with Crippen LogP contribution in [0.3, 0.4) is 0 Å². The summed E-state index contributed by atoms with van der Waals surface area (Å²) < 4.78 is 0. The number of hydrogen-bond donors (Lipinski definition) is 0. The lowest BCUT2D eigenvalue weighted by Crippen LogP contribution is -2.17. The van der Waals surface area contributed by atoms with Gasteiger partial charge in [0, 0.05) is 19.2 Å². The van der Waals surface area contributed by atoms with E-state index in [4.69, 9.17) is 0 Å². The van der Waals surface area contributed by atoms with Crippen molar-refractivity contribution in [2.75, 3.05) is 13.6 Å². The maximum Gasteiger partial charge on any atom is 0.147 e. The van der Waals surface area contributed by atoms with Gasteiger partial charge in [-0.05, 0) is 12.3 Å². The van der Waals surface area contributed by atoms with Gasteiger partial charge in [0.05, 0.1) is 0 Å². The van der Waals surface area contributed by atoms with Crippen molar-refractivity contribution in [3.8, 4) is 0 Å². The van der Waals surface area contributed by atoms with Gasteiger partial charge >= 0.3 is 0 Å². The molecule has 0 saturated carbocycles. The van der Waals surface area contributed by atoms with Crippen LogP contribution in [-0.4, -0.2) is 24.8 Å². The first-order chi connectivity index (χ1) is 4.33. The number of carbonyl (C=O) groups is 1. The fraction of sp³-hybridized carbons (Fsp3) is 0.286. The summed E-state index contributed by atoms with van der Waals surface area (Å²) in [6.45, 7) is 0.736. The average molecular weight is 123 g/mol. The number of likely N-dealkylation sites (N-methyl/N-ethyl adjacent to an activating group) is 1. The molecule has 0 spiro atoms. The molecule has 0 unspecified atom stereocenters. The first kappa shape index (κ1) is 6.08. The second kappa shape index (κ2) is 2.49. The molecule has 0 saturated heterocycles. The molecule has 2 nitrogen and oxygen atoms in total. The van der Waals surface area contributed by atoms with E-state index in [2.05, 4.69) is 0 Å². The molecule has 0 aromatic heterocycles. The van der Waals surface area contributed by atoms with E-state index in [0.29, 0.717) is 0 Å². The number of allylic oxidation sites excluding steroid dienone is 2. The molecule has 0 fully saturated rings. The molecular weight excluding hydrogens is 114 g/mol. The van der Waals surface area contributed by atoms with Gasteiger partial charge in [-0.25, -0.2) is 0 Å². The third-order valence-corrected chi connectivity index (χ3v) is 1.23. The van der Waals surface area contributed by atoms with Crippen molar-refractivity contribution in [2.45, 2.75) is 0 Å². The Kier molecular flexibility index (Phi) is 1.68. The SMILES string of the molecule is CN1C=CC=C(C=O)C1. The summed E-state index contributed by atoms with van der Waals surface area (Å²) in [6, 6.07) is 0. The second-order valence-corrected chi connectivity index (χ2v) is 2.12. The van der Waals surface area contributed by atoms with Crippen molar-refractivity contribution in [2.24, 2.45) is 0 Å². The molecule has 0 aromatic rings. The van der Waals surface area contributed by atoms with Crippen LogP contribution in [-0.2, 0) is 4.79 Å². The lowest BCUT2D eigenvalue weighted by Gasteiger charge is -2.15. The highest BCUT2D eigenvalue weighted by molar-refractivity contribution is 5.74. The van der Waals surface area contributed by atoms with Crippen LogP contribution in [0.2, 0.25) is 0 Å². The Balaban J connectivity index is 2.65. The molecule has 0 bridgehead atoms. The molecule has 0 atom stereocenters. The van der Waals surface area contributed by atoms with Crippen molar-refractivity contribution in [3.05, 3.63) is 23.9 Å². The zero-order valence-electron chi connectivity index (χ0n) is 5.37. The fourth-order valence-corrected chi connectivity index (χ4v) is 0.783. The molecule has 0 N–H and O–H groups in total. The van der Waals surface area contributed by atoms with Gasteiger partial charge in [0.2, 0.25) is 0 Å². The summed E-state index contributed by atoms with van der Waals surface area (Å²) in [5, 5.41) is 0. The number of rotatable bonds is 1. The van der Waals surface area contributed by atoms with Crippen LogP contribution in [0.15, 0.2) is 23.9 Å². The molecule has 9 heavy (non-hydrogen) atoms. The molecule has 48 valence electrons. The van der Waals surface area contributed by atoms with Gasteiger partial charge in [0.25, 0.3) is 0 Å². The Morgan fingerprint density at radius 3 is 3.00 bits per heavy atom. The second-order valence-electron chi connectivity index (χ2n) is 2.12. The standard InChI is InChI=1S/C7H9NO/c1-8-4-2-3-7(5-8)6-9/h2-4,6H,5H2,1H3. The summed E-state index contributed by atoms with van der Waals surface area (Å²) in [5.74, 6) is 0. The van der Waals surface area contributed by atoms with Crippen LogP contribution in [0.25, 0.3) is 0 Å². The third kappa shape index (κ3) is 1.42. The normalized spacial score (nSPS) is 17.4. The van der Waals surface area contributed by atoms with E-state index in [0.717, 1.165) is 18.4 Å². The molecule has 1 rings (SSSR count). The molecule has 1 aliphatic rings. The molecule has 0 radical (unpaired) electrons. The van der Waals surface area contributed by atoms with Crippen LogP contribution in [0.4, 0.5) is 0 Å². The number of aldehydes is 1. The van der Waals surface area contributed by atoms with E-state index in [1.807, 2.05) is 30.3 Å². The smallest absolute Gasteiger partial charge is 0.147 e. The molecule has 0 aliphatic carbocycles. The molecule has 0 aromatic carbocycles. The van der Waals surface area contributed by atoms with E-state index < -0.39 is 0 Å². The van der Waals surface area contributed by atoms with Crippen LogP contribution in [0, 0.1) is 0 Å². The van der Waals surface area contributed by atoms with E-state index in [9.17, 15) is 4.79 Å². The van der Waals surface area contributed by atoms with Gasteiger partial charge in [-0.15, -0.1) is 0 Å². The Labute approximate surface area is 54.5 Å². The number of hydrogen-bond acceptors (Lipinski definition) is 2. The topological polar surface area (TPSA) is 20.3 Å². The van der Waals surface area contributed by atoms with Crippen molar-refractivity contribution in [3.63, 3.8) is 0 Å². The van der Waals surface area contributed by atoms with Crippen LogP contribution in [0.1, 0.15) is 0 Å². The zero-order chi connectivity index (χ0) is 6.69. The van der Waals surface area contributed by atoms with E-state index in [1.165, 1.54) is 0 Å². The molecule has 1 aliphatic heterocycles. The minimum atomic E-state index is 0.736. The predicted octanol–water partition coefficient (Wildman–Crippen LogP) is 0.571. The monoisotopic (exact) mass is 123 g/mol. The summed E-state index contributed by atoms with van der Waals surface area (Å²) in [5.41, 5.74) is 0.833. The third-order valence-electron chi connectivity index (χ3n) is 1.23. The zero-order valence-corrected chi connectivity index (χ0v) is 5.37. The Morgan fingerprint density at radius 1 is 1.78 bits per heavy atom. The number of carbonyl (C=O) groups excluding carboxylic acids is 1. The van der Waals surface area contributed by atoms with Gasteiger partial charge in [0.15, 0.2) is 0 Å². The Bertz CT molecular complexity index is 170. The van der Waals surface area contributed by atoms with Crippen LogP contribution >= 0.6 is 0 Å². The maximum atomic E-state index is 10.2. The van der Waals surface area contributed by atoms with Crippen molar-refractivity contribution < 1.29 is 4.79 Å². The summed E-state index contributed by atoms with van der Waals surface area (Å²) in [7, 11) is 1.94. The number of nitrogens with zero attached hydrogens (tertiary/aromatic N) is 1. The predicted molar refractivity (Wildman–Crippen MR) is 35.9 cm³/mol. The highest BCUT2D eigenvalue weighted by Gasteiger charge is 1.99. The first-order valence-corrected chi connectivity index (χ1v) is 2.85. The fourth-order valence-electron chi connectivity index (χ4n) is 0.783. The van der Waals surface area contributed by atoms with E-state index in [1.54, 1.807) is 0 Å². The lowest BCUT2D eigenvalue weighted by atomic mass is 10.2. The molecule has 1 heterocycles. The molecule has 2 heteroatoms. The lowest BCUT2D eigenvalue weighted by molar-refractivity contribution is -0.105. The van der Waals surface area contributed by atoms with Gasteiger partial charge < -0.3 is 4.90 Å². The van der Waals surface area contributed by atoms with Gasteiger partial charge in [-0.1, -0.05) is 6.08 Å². The average Bonchev–Trinajstić information content (AvgIpc) is 1.88. The minimum Gasteiger partial charge on any atom is -0.376 e. The highest BCUT2D eigenvalue weighted by Crippen LogP contribution is 2.00.